The van der Waals surface area contributed by atoms with Crippen LogP contribution in [0.4, 0.5) is 8.78 Å². The van der Waals surface area contributed by atoms with Crippen molar-refractivity contribution in [2.45, 2.75) is 44.6 Å². The van der Waals surface area contributed by atoms with Gasteiger partial charge in [0.2, 0.25) is 5.82 Å². The summed E-state index contributed by atoms with van der Waals surface area (Å²) in [5.41, 5.74) is -0.434. The third-order valence-corrected chi connectivity index (χ3v) is 4.47. The fourth-order valence-corrected chi connectivity index (χ4v) is 3.28. The number of rotatable bonds is 2. The molecule has 1 unspecified atom stereocenters. The zero-order valence-corrected chi connectivity index (χ0v) is 10.6. The summed E-state index contributed by atoms with van der Waals surface area (Å²) in [5, 5.41) is 0. The lowest BCUT2D eigenvalue weighted by atomic mass is 9.57. The van der Waals surface area contributed by atoms with Crippen LogP contribution < -0.4 is 4.74 Å². The van der Waals surface area contributed by atoms with Crippen LogP contribution in [-0.4, -0.2) is 11.9 Å². The largest absolute Gasteiger partial charge is 0.486 e. The van der Waals surface area contributed by atoms with E-state index in [1.165, 1.54) is 12.1 Å². The summed E-state index contributed by atoms with van der Waals surface area (Å²) in [4.78, 5) is 11.9. The van der Waals surface area contributed by atoms with Gasteiger partial charge in [0, 0.05) is 6.42 Å². The van der Waals surface area contributed by atoms with Gasteiger partial charge in [0.25, 0.3) is 0 Å². The average Bonchev–Trinajstić information content (AvgIpc) is 2.44. The zero-order chi connectivity index (χ0) is 13.5. The molecule has 2 nitrogen and oxygen atoms in total. The smallest absolute Gasteiger partial charge is 0.200 e. The molecular formula is C15H16F2O2. The summed E-state index contributed by atoms with van der Waals surface area (Å²) in [6.45, 7) is 0. The topological polar surface area (TPSA) is 26.3 Å². The first-order chi connectivity index (χ1) is 9.13. The van der Waals surface area contributed by atoms with Crippen molar-refractivity contribution in [1.82, 2.24) is 0 Å². The van der Waals surface area contributed by atoms with Crippen molar-refractivity contribution in [3.63, 3.8) is 0 Å². The molecule has 0 aromatic heterocycles. The molecule has 0 heterocycles. The molecule has 2 aliphatic carbocycles. The number of carbonyl (C=O) groups is 1. The molecule has 1 spiro atoms. The van der Waals surface area contributed by atoms with E-state index in [0.717, 1.165) is 38.2 Å². The molecule has 3 rings (SSSR count). The molecule has 102 valence electrons. The maximum atomic E-state index is 13.6. The van der Waals surface area contributed by atoms with E-state index in [-0.39, 0.29) is 17.6 Å². The van der Waals surface area contributed by atoms with Crippen LogP contribution in [0.2, 0.25) is 0 Å². The Hall–Kier alpha value is -1.45. The highest BCUT2D eigenvalue weighted by molar-refractivity contribution is 5.92. The van der Waals surface area contributed by atoms with Gasteiger partial charge in [-0.2, -0.15) is 4.39 Å². The molecule has 0 radical (unpaired) electrons. The first kappa shape index (κ1) is 12.6. The number of Topliss-reactive ketones (excluding diaryl/α,β-unsaturated/α-hetero) is 1. The van der Waals surface area contributed by atoms with E-state index in [4.69, 9.17) is 4.74 Å². The number of ketones is 1. The van der Waals surface area contributed by atoms with Gasteiger partial charge in [-0.05, 0) is 25.0 Å². The Morgan fingerprint density at radius 2 is 1.89 bits per heavy atom. The lowest BCUT2D eigenvalue weighted by Crippen LogP contribution is -2.57. The monoisotopic (exact) mass is 266 g/mol. The number of hydrogen-bond donors (Lipinski definition) is 0. The second-order valence-corrected chi connectivity index (χ2v) is 5.50. The van der Waals surface area contributed by atoms with E-state index in [1.54, 1.807) is 0 Å². The molecular weight excluding hydrogens is 250 g/mol. The van der Waals surface area contributed by atoms with E-state index >= 15 is 0 Å². The third kappa shape index (κ3) is 1.94. The summed E-state index contributed by atoms with van der Waals surface area (Å²) < 4.78 is 32.3. The van der Waals surface area contributed by atoms with Crippen molar-refractivity contribution in [2.75, 3.05) is 0 Å². The van der Waals surface area contributed by atoms with Crippen molar-refractivity contribution in [3.8, 4) is 5.75 Å². The maximum Gasteiger partial charge on any atom is 0.200 e. The Morgan fingerprint density at radius 3 is 2.58 bits per heavy atom. The molecule has 0 amide bonds. The minimum atomic E-state index is -0.965. The number of carbonyl (C=O) groups excluding carboxylic acids is 1. The molecule has 1 aromatic rings. The standard InChI is InChI=1S/C15H16F2O2/c16-10-5-4-6-11(14(10)17)19-13-9-12(18)15(13)7-2-1-3-8-15/h4-6,13H,1-3,7-9H2. The summed E-state index contributed by atoms with van der Waals surface area (Å²) >= 11 is 0. The van der Waals surface area contributed by atoms with Crippen LogP contribution in [0, 0.1) is 17.0 Å². The summed E-state index contributed by atoms with van der Waals surface area (Å²) in [5.74, 6) is -1.75. The molecule has 0 saturated heterocycles. The van der Waals surface area contributed by atoms with Crippen LogP contribution in [-0.2, 0) is 4.79 Å². The van der Waals surface area contributed by atoms with E-state index in [2.05, 4.69) is 0 Å². The van der Waals surface area contributed by atoms with Gasteiger partial charge < -0.3 is 4.74 Å². The van der Waals surface area contributed by atoms with Crippen LogP contribution >= 0.6 is 0 Å². The molecule has 2 fully saturated rings. The molecule has 2 aliphatic rings. The number of halogens is 2. The molecule has 19 heavy (non-hydrogen) atoms. The predicted molar refractivity (Wildman–Crippen MR) is 65.9 cm³/mol. The lowest BCUT2D eigenvalue weighted by Gasteiger charge is -2.49. The molecule has 0 N–H and O–H groups in total. The Labute approximate surface area is 110 Å². The number of benzene rings is 1. The fourth-order valence-electron chi connectivity index (χ4n) is 3.28. The van der Waals surface area contributed by atoms with Gasteiger partial charge >= 0.3 is 0 Å². The van der Waals surface area contributed by atoms with Gasteiger partial charge in [-0.3, -0.25) is 4.79 Å². The first-order valence-electron chi connectivity index (χ1n) is 6.77. The third-order valence-electron chi connectivity index (χ3n) is 4.47. The van der Waals surface area contributed by atoms with Crippen molar-refractivity contribution >= 4 is 5.78 Å². The van der Waals surface area contributed by atoms with Crippen LogP contribution in [0.1, 0.15) is 38.5 Å². The molecule has 0 aliphatic heterocycles. The maximum absolute atomic E-state index is 13.6. The Kier molecular flexibility index (Phi) is 3.03. The molecule has 1 aromatic carbocycles. The number of hydrogen-bond acceptors (Lipinski definition) is 2. The molecule has 2 saturated carbocycles. The van der Waals surface area contributed by atoms with E-state index in [9.17, 15) is 13.6 Å². The van der Waals surface area contributed by atoms with Crippen molar-refractivity contribution in [3.05, 3.63) is 29.8 Å². The minimum absolute atomic E-state index is 0.0811. The highest BCUT2D eigenvalue weighted by Crippen LogP contribution is 2.50. The normalized spacial score (nSPS) is 25.2. The summed E-state index contributed by atoms with van der Waals surface area (Å²) in [6, 6.07) is 3.89. The van der Waals surface area contributed by atoms with Crippen LogP contribution in [0.5, 0.6) is 5.75 Å². The first-order valence-corrected chi connectivity index (χ1v) is 6.77. The Morgan fingerprint density at radius 1 is 1.16 bits per heavy atom. The van der Waals surface area contributed by atoms with Crippen molar-refractivity contribution < 1.29 is 18.3 Å². The highest BCUT2D eigenvalue weighted by atomic mass is 19.2. The molecule has 4 heteroatoms. The van der Waals surface area contributed by atoms with Gasteiger partial charge in [-0.1, -0.05) is 25.3 Å². The molecule has 1 atom stereocenters. The fraction of sp³-hybridized carbons (Fsp3) is 0.533. The van der Waals surface area contributed by atoms with E-state index < -0.39 is 17.0 Å². The van der Waals surface area contributed by atoms with Crippen molar-refractivity contribution in [1.29, 1.82) is 0 Å². The van der Waals surface area contributed by atoms with Crippen LogP contribution in [0.15, 0.2) is 18.2 Å². The van der Waals surface area contributed by atoms with Gasteiger partial charge in [0.15, 0.2) is 11.6 Å². The number of ether oxygens (including phenoxy) is 1. The molecule has 0 bridgehead atoms. The van der Waals surface area contributed by atoms with E-state index in [0.29, 0.717) is 6.42 Å². The van der Waals surface area contributed by atoms with Gasteiger partial charge in [0.05, 0.1) is 5.41 Å². The second kappa shape index (κ2) is 4.58. The second-order valence-electron chi connectivity index (χ2n) is 5.50. The Bertz CT molecular complexity index is 507. The average molecular weight is 266 g/mol. The predicted octanol–water partition coefficient (Wildman–Crippen LogP) is 3.64. The Balaban J connectivity index is 1.80. The SMILES string of the molecule is O=C1CC(Oc2cccc(F)c2F)C12CCCCC2. The summed E-state index contributed by atoms with van der Waals surface area (Å²) in [6.07, 6.45) is 4.80. The van der Waals surface area contributed by atoms with Gasteiger partial charge in [0.1, 0.15) is 11.9 Å². The van der Waals surface area contributed by atoms with Crippen molar-refractivity contribution in [2.24, 2.45) is 5.41 Å². The van der Waals surface area contributed by atoms with Crippen LogP contribution in [0.3, 0.4) is 0 Å². The summed E-state index contributed by atoms with van der Waals surface area (Å²) in [7, 11) is 0. The quantitative estimate of drug-likeness (QED) is 0.817. The highest BCUT2D eigenvalue weighted by Gasteiger charge is 2.56. The van der Waals surface area contributed by atoms with Gasteiger partial charge in [-0.25, -0.2) is 4.39 Å². The lowest BCUT2D eigenvalue weighted by molar-refractivity contribution is -0.156. The minimum Gasteiger partial charge on any atom is -0.486 e. The van der Waals surface area contributed by atoms with Gasteiger partial charge in [-0.15, -0.1) is 0 Å². The van der Waals surface area contributed by atoms with E-state index in [1.807, 2.05) is 0 Å². The zero-order valence-electron chi connectivity index (χ0n) is 10.6. The van der Waals surface area contributed by atoms with Crippen LogP contribution in [0.25, 0.3) is 0 Å².